The van der Waals surface area contributed by atoms with Crippen LogP contribution in [-0.4, -0.2) is 23.9 Å². The second-order valence-corrected chi connectivity index (χ2v) is 6.02. The van der Waals surface area contributed by atoms with Crippen molar-refractivity contribution in [2.24, 2.45) is 5.10 Å². The second kappa shape index (κ2) is 5.56. The molecular weight excluding hydrogens is 281 g/mol. The van der Waals surface area contributed by atoms with Gasteiger partial charge in [0.25, 0.3) is 0 Å². The van der Waals surface area contributed by atoms with E-state index in [9.17, 15) is 14.2 Å². The van der Waals surface area contributed by atoms with Crippen LogP contribution in [-0.2, 0) is 13.9 Å². The molecule has 1 N–H and O–H groups in total. The van der Waals surface area contributed by atoms with Gasteiger partial charge in [-0.05, 0) is 19.1 Å². The second-order valence-electron chi connectivity index (χ2n) is 4.01. The van der Waals surface area contributed by atoms with Crippen molar-refractivity contribution in [2.45, 2.75) is 13.8 Å². The van der Waals surface area contributed by atoms with Crippen LogP contribution in [0, 0.1) is 0 Å². The van der Waals surface area contributed by atoms with E-state index in [1.54, 1.807) is 37.3 Å². The number of hydrazone groups is 1. The first-order valence-corrected chi connectivity index (χ1v) is 7.62. The van der Waals surface area contributed by atoms with Crippen LogP contribution < -0.4 is 10.1 Å². The standard InChI is InChI=1S/C12H14N3O4P/c1-3-19-20(18)11(9(2)16)13-15(12(17)14-20)10-7-5-4-6-8-10/h4-8H,3H2,1-2H3,(H,14,17,18)/t20-/m1/s1. The monoisotopic (exact) mass is 295 g/mol. The number of benzene rings is 1. The number of amides is 2. The molecule has 0 radical (unpaired) electrons. The van der Waals surface area contributed by atoms with E-state index in [1.165, 1.54) is 6.92 Å². The number of urea groups is 1. The fourth-order valence-corrected chi connectivity index (χ4v) is 3.35. The number of carbonyl (C=O) groups excluding carboxylic acids is 2. The minimum Gasteiger partial charge on any atom is -0.309 e. The fraction of sp³-hybridized carbons (Fsp3) is 0.250. The Balaban J connectivity index is 2.48. The van der Waals surface area contributed by atoms with E-state index in [4.69, 9.17) is 4.52 Å². The number of anilines is 1. The van der Waals surface area contributed by atoms with Gasteiger partial charge in [0.05, 0.1) is 12.3 Å². The third-order valence-corrected chi connectivity index (χ3v) is 4.60. The molecular formula is C12H14N3O4P. The lowest BCUT2D eigenvalue weighted by Gasteiger charge is -2.28. The molecule has 0 spiro atoms. The lowest BCUT2D eigenvalue weighted by Crippen LogP contribution is -2.43. The number of ketones is 1. The third kappa shape index (κ3) is 2.64. The molecule has 0 unspecified atom stereocenters. The molecule has 8 heteroatoms. The Hall–Kier alpha value is -1.98. The number of nitrogens with zero attached hydrogens (tertiary/aromatic N) is 2. The maximum Gasteiger partial charge on any atom is 0.351 e. The Morgan fingerprint density at radius 1 is 1.40 bits per heavy atom. The molecule has 1 aliphatic heterocycles. The molecule has 1 atom stereocenters. The van der Waals surface area contributed by atoms with Gasteiger partial charge >= 0.3 is 13.6 Å². The van der Waals surface area contributed by atoms with Crippen LogP contribution in [0.5, 0.6) is 0 Å². The predicted octanol–water partition coefficient (Wildman–Crippen LogP) is 2.35. The van der Waals surface area contributed by atoms with Gasteiger partial charge in [0, 0.05) is 6.92 Å². The van der Waals surface area contributed by atoms with Crippen LogP contribution in [0.2, 0.25) is 0 Å². The SMILES string of the molecule is CCO[P@@]1(=O)NC(=O)N(c2ccccc2)N=C1C(C)=O. The summed E-state index contributed by atoms with van der Waals surface area (Å²) in [6.07, 6.45) is 0. The number of para-hydroxylation sites is 1. The van der Waals surface area contributed by atoms with Crippen molar-refractivity contribution < 1.29 is 18.7 Å². The maximum atomic E-state index is 12.5. The van der Waals surface area contributed by atoms with Crippen molar-refractivity contribution in [3.8, 4) is 0 Å². The van der Waals surface area contributed by atoms with E-state index < -0.39 is 19.3 Å². The van der Waals surface area contributed by atoms with Gasteiger partial charge in [-0.1, -0.05) is 18.2 Å². The van der Waals surface area contributed by atoms with E-state index in [1.807, 2.05) is 0 Å². The van der Waals surface area contributed by atoms with Crippen LogP contribution in [0.25, 0.3) is 0 Å². The normalized spacial score (nSPS) is 22.2. The molecule has 0 aromatic heterocycles. The summed E-state index contributed by atoms with van der Waals surface area (Å²) in [5.74, 6) is -0.511. The van der Waals surface area contributed by atoms with Gasteiger partial charge < -0.3 is 4.52 Å². The summed E-state index contributed by atoms with van der Waals surface area (Å²) in [5, 5.41) is 7.14. The van der Waals surface area contributed by atoms with E-state index in [0.717, 1.165) is 5.01 Å². The number of Topliss-reactive ketones (excluding diaryl/α,β-unsaturated/α-hetero) is 1. The van der Waals surface area contributed by atoms with Crippen molar-refractivity contribution in [1.82, 2.24) is 5.09 Å². The summed E-state index contributed by atoms with van der Waals surface area (Å²) in [5.41, 5.74) is 0.189. The molecule has 0 saturated heterocycles. The molecule has 2 amide bonds. The zero-order valence-corrected chi connectivity index (χ0v) is 12.0. The number of hydrogen-bond donors (Lipinski definition) is 1. The van der Waals surface area contributed by atoms with Crippen LogP contribution in [0.4, 0.5) is 10.5 Å². The molecule has 106 valence electrons. The number of carbonyl (C=O) groups is 2. The van der Waals surface area contributed by atoms with Crippen LogP contribution in [0.1, 0.15) is 13.8 Å². The molecule has 0 bridgehead atoms. The lowest BCUT2D eigenvalue weighted by atomic mass is 10.3. The average molecular weight is 295 g/mol. The third-order valence-electron chi connectivity index (χ3n) is 2.54. The van der Waals surface area contributed by atoms with Crippen molar-refractivity contribution in [1.29, 1.82) is 0 Å². The molecule has 1 aromatic carbocycles. The molecule has 0 aliphatic carbocycles. The van der Waals surface area contributed by atoms with Crippen molar-refractivity contribution in [2.75, 3.05) is 11.6 Å². The number of nitrogens with one attached hydrogen (secondary N) is 1. The zero-order valence-electron chi connectivity index (χ0n) is 11.1. The Labute approximate surface area is 116 Å². The van der Waals surface area contributed by atoms with Crippen LogP contribution >= 0.6 is 7.52 Å². The van der Waals surface area contributed by atoms with Gasteiger partial charge in [0.15, 0.2) is 5.78 Å². The highest BCUT2D eigenvalue weighted by Crippen LogP contribution is 2.47. The topological polar surface area (TPSA) is 88.1 Å². The molecule has 1 heterocycles. The average Bonchev–Trinajstić information content (AvgIpc) is 2.39. The smallest absolute Gasteiger partial charge is 0.309 e. The van der Waals surface area contributed by atoms with Gasteiger partial charge in [-0.3, -0.25) is 14.4 Å². The van der Waals surface area contributed by atoms with E-state index in [-0.39, 0.29) is 12.1 Å². The predicted molar refractivity (Wildman–Crippen MR) is 74.8 cm³/mol. The molecule has 20 heavy (non-hydrogen) atoms. The fourth-order valence-electron chi connectivity index (χ4n) is 1.72. The minimum absolute atomic E-state index is 0.0925. The van der Waals surface area contributed by atoms with Gasteiger partial charge in [-0.25, -0.2) is 4.79 Å². The number of rotatable bonds is 4. The first kappa shape index (κ1) is 14.4. The van der Waals surface area contributed by atoms with Crippen molar-refractivity contribution >= 4 is 30.5 Å². The highest BCUT2D eigenvalue weighted by molar-refractivity contribution is 7.78. The zero-order chi connectivity index (χ0) is 14.8. The molecule has 0 fully saturated rings. The van der Waals surface area contributed by atoms with E-state index in [2.05, 4.69) is 10.2 Å². The Kier molecular flexibility index (Phi) is 4.01. The Morgan fingerprint density at radius 2 is 2.05 bits per heavy atom. The molecule has 0 saturated carbocycles. The lowest BCUT2D eigenvalue weighted by molar-refractivity contribution is -0.110. The maximum absolute atomic E-state index is 12.5. The van der Waals surface area contributed by atoms with Crippen molar-refractivity contribution in [3.05, 3.63) is 30.3 Å². The van der Waals surface area contributed by atoms with Crippen LogP contribution in [0.15, 0.2) is 35.4 Å². The summed E-state index contributed by atoms with van der Waals surface area (Å²) in [6, 6.07) is 7.84. The van der Waals surface area contributed by atoms with Gasteiger partial charge in [0.2, 0.25) is 5.45 Å². The molecule has 2 rings (SSSR count). The van der Waals surface area contributed by atoms with Crippen molar-refractivity contribution in [3.63, 3.8) is 0 Å². The van der Waals surface area contributed by atoms with Gasteiger partial charge in [-0.2, -0.15) is 10.1 Å². The highest BCUT2D eigenvalue weighted by Gasteiger charge is 2.42. The number of hydrogen-bond acceptors (Lipinski definition) is 5. The first-order chi connectivity index (χ1) is 9.48. The molecule has 1 aromatic rings. The summed E-state index contributed by atoms with van der Waals surface area (Å²) in [4.78, 5) is 23.6. The minimum atomic E-state index is -3.73. The summed E-state index contributed by atoms with van der Waals surface area (Å²) in [7, 11) is -3.73. The quantitative estimate of drug-likeness (QED) is 0.863. The Morgan fingerprint density at radius 3 is 2.60 bits per heavy atom. The Bertz CT molecular complexity index is 614. The van der Waals surface area contributed by atoms with Gasteiger partial charge in [-0.15, -0.1) is 0 Å². The van der Waals surface area contributed by atoms with E-state index >= 15 is 0 Å². The van der Waals surface area contributed by atoms with Crippen LogP contribution in [0.3, 0.4) is 0 Å². The first-order valence-electron chi connectivity index (χ1n) is 6.00. The highest BCUT2D eigenvalue weighted by atomic mass is 31.2. The molecule has 1 aliphatic rings. The summed E-state index contributed by atoms with van der Waals surface area (Å²) < 4.78 is 17.5. The summed E-state index contributed by atoms with van der Waals surface area (Å²) in [6.45, 7) is 2.94. The largest absolute Gasteiger partial charge is 0.351 e. The van der Waals surface area contributed by atoms with E-state index in [0.29, 0.717) is 5.69 Å². The molecule has 7 nitrogen and oxygen atoms in total. The summed E-state index contributed by atoms with van der Waals surface area (Å²) >= 11 is 0. The van der Waals surface area contributed by atoms with Gasteiger partial charge in [0.1, 0.15) is 0 Å².